The molecule has 0 N–H and O–H groups in total. The molecule has 0 amide bonds. The van der Waals surface area contributed by atoms with Crippen LogP contribution in [-0.4, -0.2) is 11.6 Å². The third-order valence-corrected chi connectivity index (χ3v) is 13.8. The number of hydrogen-bond donors (Lipinski definition) is 0. The van der Waals surface area contributed by atoms with Crippen LogP contribution in [-0.2, 0) is 9.59 Å². The molecule has 4 aliphatic rings. The van der Waals surface area contributed by atoms with E-state index in [1.165, 1.54) is 37.7 Å². The summed E-state index contributed by atoms with van der Waals surface area (Å²) in [6.07, 6.45) is 11.5. The fourth-order valence-electron chi connectivity index (χ4n) is 9.93. The molecule has 36 heavy (non-hydrogen) atoms. The minimum absolute atomic E-state index is 0.117. The van der Waals surface area contributed by atoms with E-state index in [4.69, 9.17) is 0 Å². The molecule has 0 aromatic carbocycles. The molecule has 204 valence electrons. The van der Waals surface area contributed by atoms with E-state index in [0.29, 0.717) is 41.2 Å². The van der Waals surface area contributed by atoms with Gasteiger partial charge < -0.3 is 0 Å². The third-order valence-electron chi connectivity index (χ3n) is 13.8. The number of fused-ring (bicyclic) bond motifs is 5. The van der Waals surface area contributed by atoms with E-state index < -0.39 is 0 Å². The predicted octanol–water partition coefficient (Wildman–Crippen LogP) is 9.07. The summed E-state index contributed by atoms with van der Waals surface area (Å²) in [4.78, 5) is 25.8. The van der Waals surface area contributed by atoms with Crippen molar-refractivity contribution >= 4 is 11.6 Å². The molecule has 0 aromatic heterocycles. The van der Waals surface area contributed by atoms with Gasteiger partial charge in [0.1, 0.15) is 5.78 Å². The van der Waals surface area contributed by atoms with Gasteiger partial charge in [-0.05, 0) is 116 Å². The van der Waals surface area contributed by atoms with Crippen molar-refractivity contribution in [3.05, 3.63) is 11.6 Å². The summed E-state index contributed by atoms with van der Waals surface area (Å²) in [6, 6.07) is 0. The van der Waals surface area contributed by atoms with E-state index >= 15 is 0 Å². The van der Waals surface area contributed by atoms with Crippen LogP contribution in [0.15, 0.2) is 11.6 Å². The zero-order valence-electron chi connectivity index (χ0n) is 25.5. The molecule has 3 saturated carbocycles. The average molecular weight is 497 g/mol. The lowest BCUT2D eigenvalue weighted by Crippen LogP contribution is -2.56. The van der Waals surface area contributed by atoms with Crippen molar-refractivity contribution in [1.29, 1.82) is 0 Å². The van der Waals surface area contributed by atoms with Gasteiger partial charge in [-0.3, -0.25) is 9.59 Å². The average Bonchev–Trinajstić information content (AvgIpc) is 3.06. The molecule has 3 fully saturated rings. The highest BCUT2D eigenvalue weighted by atomic mass is 16.1. The summed E-state index contributed by atoms with van der Waals surface area (Å²) >= 11 is 0. The van der Waals surface area contributed by atoms with Crippen LogP contribution in [0.5, 0.6) is 0 Å². The standard InChI is InChI=1S/C34H56O2/c1-21-18-27-28(36)19-26-25(32(27,9)20-22(21)2)13-16-34(11)29(14-17-33(26,34)10)31(7,8)23(3)12-15-30(5,6)24(4)35/h19,21-23,25,27,29H,12-18,20H2,1-11H3/t21-,22+,23-,25?,27+,29-,32-,33+,34-/m1/s1. The van der Waals surface area contributed by atoms with Gasteiger partial charge in [0.15, 0.2) is 5.78 Å². The maximum absolute atomic E-state index is 13.7. The molecule has 4 rings (SSSR count). The van der Waals surface area contributed by atoms with Crippen molar-refractivity contribution in [2.24, 2.45) is 62.6 Å². The highest BCUT2D eigenvalue weighted by molar-refractivity contribution is 5.94. The van der Waals surface area contributed by atoms with E-state index in [9.17, 15) is 9.59 Å². The van der Waals surface area contributed by atoms with Crippen molar-refractivity contribution in [2.45, 2.75) is 128 Å². The Bertz CT molecular complexity index is 939. The Balaban J connectivity index is 1.63. The van der Waals surface area contributed by atoms with Crippen molar-refractivity contribution in [3.63, 3.8) is 0 Å². The quantitative estimate of drug-likeness (QED) is 0.367. The highest BCUT2D eigenvalue weighted by Crippen LogP contribution is 2.74. The van der Waals surface area contributed by atoms with Crippen LogP contribution in [0.1, 0.15) is 128 Å². The fraction of sp³-hybridized carbons (Fsp3) is 0.882. The van der Waals surface area contributed by atoms with Crippen molar-refractivity contribution in [1.82, 2.24) is 0 Å². The molecule has 0 spiro atoms. The Labute approximate surface area is 222 Å². The lowest BCUT2D eigenvalue weighted by atomic mass is 9.41. The van der Waals surface area contributed by atoms with Gasteiger partial charge in [-0.25, -0.2) is 0 Å². The first kappa shape index (κ1) is 28.1. The van der Waals surface area contributed by atoms with Crippen LogP contribution in [0.2, 0.25) is 0 Å². The maximum Gasteiger partial charge on any atom is 0.159 e. The second-order valence-corrected chi connectivity index (χ2v) is 16.1. The van der Waals surface area contributed by atoms with Gasteiger partial charge in [0.05, 0.1) is 0 Å². The Hall–Kier alpha value is -0.920. The summed E-state index contributed by atoms with van der Waals surface area (Å²) in [7, 11) is 0. The number of carbonyl (C=O) groups excluding carboxylic acids is 2. The Kier molecular flexibility index (Phi) is 6.87. The molecule has 4 aliphatic carbocycles. The lowest BCUT2D eigenvalue weighted by molar-refractivity contribution is -0.134. The van der Waals surface area contributed by atoms with Crippen LogP contribution >= 0.6 is 0 Å². The van der Waals surface area contributed by atoms with Crippen LogP contribution in [0.4, 0.5) is 0 Å². The van der Waals surface area contributed by atoms with Gasteiger partial charge in [0.25, 0.3) is 0 Å². The molecular formula is C34H56O2. The Morgan fingerprint density at radius 1 is 1.03 bits per heavy atom. The number of carbonyl (C=O) groups is 2. The SMILES string of the molecule is CC(=O)C(C)(C)CC[C@@H](C)C(C)(C)[C@H]1CC[C@@]2(C)C3=CC(=O)[C@@H]4C[C@@H](C)[C@@H](C)C[C@]4(C)C3CC[C@]12C. The molecule has 0 saturated heterocycles. The smallest absolute Gasteiger partial charge is 0.159 e. The van der Waals surface area contributed by atoms with Gasteiger partial charge in [-0.15, -0.1) is 0 Å². The van der Waals surface area contributed by atoms with Crippen molar-refractivity contribution < 1.29 is 9.59 Å². The first-order valence-corrected chi connectivity index (χ1v) is 15.2. The summed E-state index contributed by atoms with van der Waals surface area (Å²) in [6.45, 7) is 25.8. The minimum atomic E-state index is -0.232. The first-order chi connectivity index (χ1) is 16.4. The predicted molar refractivity (Wildman–Crippen MR) is 151 cm³/mol. The number of allylic oxidation sites excluding steroid dienone is 2. The minimum Gasteiger partial charge on any atom is -0.299 e. The molecule has 0 aliphatic heterocycles. The topological polar surface area (TPSA) is 34.1 Å². The van der Waals surface area contributed by atoms with Crippen LogP contribution in [0.3, 0.4) is 0 Å². The number of Topliss-reactive ketones (excluding diaryl/α,β-unsaturated/α-hetero) is 1. The van der Waals surface area contributed by atoms with Crippen molar-refractivity contribution in [3.8, 4) is 0 Å². The van der Waals surface area contributed by atoms with Gasteiger partial charge >= 0.3 is 0 Å². The number of hydrogen-bond acceptors (Lipinski definition) is 2. The molecule has 2 heteroatoms. The molecule has 0 radical (unpaired) electrons. The first-order valence-electron chi connectivity index (χ1n) is 15.2. The molecule has 9 atom stereocenters. The van der Waals surface area contributed by atoms with E-state index in [1.54, 1.807) is 6.92 Å². The van der Waals surface area contributed by atoms with E-state index in [-0.39, 0.29) is 33.0 Å². The second kappa shape index (κ2) is 8.81. The summed E-state index contributed by atoms with van der Waals surface area (Å²) < 4.78 is 0. The summed E-state index contributed by atoms with van der Waals surface area (Å²) in [5.41, 5.74) is 1.98. The zero-order chi connectivity index (χ0) is 27.1. The van der Waals surface area contributed by atoms with Crippen LogP contribution in [0, 0.1) is 62.6 Å². The highest BCUT2D eigenvalue weighted by Gasteiger charge is 2.66. The van der Waals surface area contributed by atoms with Crippen LogP contribution < -0.4 is 0 Å². The molecule has 2 nitrogen and oxygen atoms in total. The monoisotopic (exact) mass is 496 g/mol. The molecular weight excluding hydrogens is 440 g/mol. The Morgan fingerprint density at radius 2 is 1.67 bits per heavy atom. The van der Waals surface area contributed by atoms with Gasteiger partial charge in [-0.2, -0.15) is 0 Å². The number of rotatable bonds is 6. The Morgan fingerprint density at radius 3 is 2.28 bits per heavy atom. The van der Waals surface area contributed by atoms with E-state index in [1.807, 2.05) is 0 Å². The third kappa shape index (κ3) is 3.93. The zero-order valence-corrected chi connectivity index (χ0v) is 25.5. The lowest BCUT2D eigenvalue weighted by Gasteiger charge is -2.62. The van der Waals surface area contributed by atoms with Crippen LogP contribution in [0.25, 0.3) is 0 Å². The largest absolute Gasteiger partial charge is 0.299 e. The van der Waals surface area contributed by atoms with Gasteiger partial charge in [-0.1, -0.05) is 74.8 Å². The van der Waals surface area contributed by atoms with Gasteiger partial charge in [0, 0.05) is 11.3 Å². The molecule has 0 heterocycles. The summed E-state index contributed by atoms with van der Waals surface area (Å²) in [5.74, 6) is 4.09. The van der Waals surface area contributed by atoms with Gasteiger partial charge in [0.2, 0.25) is 0 Å². The van der Waals surface area contributed by atoms with E-state index in [0.717, 1.165) is 19.3 Å². The van der Waals surface area contributed by atoms with E-state index in [2.05, 4.69) is 75.3 Å². The normalized spacial score (nSPS) is 43.8. The second-order valence-electron chi connectivity index (χ2n) is 16.1. The summed E-state index contributed by atoms with van der Waals surface area (Å²) in [5, 5.41) is 0. The fourth-order valence-corrected chi connectivity index (χ4v) is 9.93. The molecule has 0 bridgehead atoms. The molecule has 0 aromatic rings. The number of ketones is 2. The molecule has 1 unspecified atom stereocenters. The maximum atomic E-state index is 13.7. The van der Waals surface area contributed by atoms with Crippen molar-refractivity contribution in [2.75, 3.05) is 0 Å².